The molecule has 2 unspecified atom stereocenters. The Morgan fingerprint density at radius 2 is 2.04 bits per heavy atom. The number of hydrogen-bond acceptors (Lipinski definition) is 4. The number of aliphatic imine (C=N–C) groups is 1. The average Bonchev–Trinajstić information content (AvgIpc) is 2.64. The minimum atomic E-state index is -0.261. The highest BCUT2D eigenvalue weighted by Gasteiger charge is 2.28. The lowest BCUT2D eigenvalue weighted by molar-refractivity contribution is -0.127. The van der Waals surface area contributed by atoms with E-state index in [0.717, 1.165) is 17.9 Å². The summed E-state index contributed by atoms with van der Waals surface area (Å²) in [7, 11) is 3.44. The molecule has 0 saturated carbocycles. The molecule has 9 heteroatoms. The van der Waals surface area contributed by atoms with Crippen LogP contribution in [-0.2, 0) is 9.53 Å². The molecule has 0 radical (unpaired) electrons. The molecule has 1 aromatic rings. The van der Waals surface area contributed by atoms with Crippen molar-refractivity contribution in [1.82, 2.24) is 15.1 Å². The number of guanidine groups is 1. The number of morpholine rings is 1. The summed E-state index contributed by atoms with van der Waals surface area (Å²) in [4.78, 5) is 20.1. The zero-order valence-corrected chi connectivity index (χ0v) is 20.0. The quantitative estimate of drug-likeness (QED) is 0.269. The van der Waals surface area contributed by atoms with Crippen LogP contribution in [0.15, 0.2) is 29.3 Å². The molecule has 0 aromatic heterocycles. The topological polar surface area (TPSA) is 57.2 Å². The van der Waals surface area contributed by atoms with Crippen molar-refractivity contribution in [3.8, 4) is 0 Å². The number of carbonyl (C=O) groups is 1. The first kappa shape index (κ1) is 25.0. The molecule has 158 valence electrons. The van der Waals surface area contributed by atoms with Gasteiger partial charge < -0.3 is 19.9 Å². The molecular weight excluding hydrogens is 494 g/mol. The first-order valence-electron chi connectivity index (χ1n) is 9.04. The van der Waals surface area contributed by atoms with Gasteiger partial charge in [0.15, 0.2) is 5.96 Å². The summed E-state index contributed by atoms with van der Waals surface area (Å²) in [6.07, 6.45) is 1.87. The van der Waals surface area contributed by atoms with Crippen molar-refractivity contribution >= 4 is 47.6 Å². The average molecular weight is 524 g/mol. The minimum absolute atomic E-state index is 0. The second kappa shape index (κ2) is 12.5. The van der Waals surface area contributed by atoms with E-state index in [-0.39, 0.29) is 54.5 Å². The van der Waals surface area contributed by atoms with Gasteiger partial charge in [0.05, 0.1) is 12.6 Å². The monoisotopic (exact) mass is 524 g/mol. The van der Waals surface area contributed by atoms with Gasteiger partial charge in [0.25, 0.3) is 0 Å². The van der Waals surface area contributed by atoms with E-state index in [1.54, 1.807) is 38.0 Å². The Bertz CT molecular complexity index is 645. The molecule has 1 aliphatic rings. The molecule has 6 nitrogen and oxygen atoms in total. The Hall–Kier alpha value is -1.07. The molecule has 2 rings (SSSR count). The van der Waals surface area contributed by atoms with E-state index in [1.165, 1.54) is 17.0 Å². The minimum Gasteiger partial charge on any atom is -0.367 e. The molecule has 2 atom stereocenters. The van der Waals surface area contributed by atoms with Gasteiger partial charge in [-0.25, -0.2) is 9.38 Å². The molecule has 0 spiro atoms. The zero-order chi connectivity index (χ0) is 19.8. The number of nitrogens with one attached hydrogen (secondary N) is 1. The maximum atomic E-state index is 13.2. The van der Waals surface area contributed by atoms with E-state index >= 15 is 0 Å². The number of nitrogens with zero attached hydrogens (tertiary/aromatic N) is 3. The second-order valence-corrected chi connectivity index (χ2v) is 7.73. The predicted octanol–water partition coefficient (Wildman–Crippen LogP) is 2.60. The molecule has 1 heterocycles. The van der Waals surface area contributed by atoms with Gasteiger partial charge in [-0.1, -0.05) is 12.1 Å². The number of halogens is 2. The zero-order valence-electron chi connectivity index (χ0n) is 16.9. The van der Waals surface area contributed by atoms with E-state index in [0.29, 0.717) is 19.0 Å². The van der Waals surface area contributed by atoms with Gasteiger partial charge >= 0.3 is 0 Å². The Morgan fingerprint density at radius 3 is 2.64 bits per heavy atom. The number of rotatable bonds is 6. The number of benzene rings is 1. The fourth-order valence-corrected chi connectivity index (χ4v) is 3.11. The summed E-state index contributed by atoms with van der Waals surface area (Å²) in [5, 5.41) is 3.36. The van der Waals surface area contributed by atoms with Crippen LogP contribution in [0.4, 0.5) is 4.39 Å². The van der Waals surface area contributed by atoms with Crippen molar-refractivity contribution in [1.29, 1.82) is 0 Å². The number of ether oxygens (including phenoxy) is 1. The van der Waals surface area contributed by atoms with Crippen molar-refractivity contribution in [2.45, 2.75) is 19.1 Å². The lowest BCUT2D eigenvalue weighted by Crippen LogP contribution is -2.51. The van der Waals surface area contributed by atoms with Gasteiger partial charge in [-0.05, 0) is 30.9 Å². The number of likely N-dealkylation sites (N-methyl/N-ethyl adjacent to an activating group) is 1. The standard InChI is InChI=1S/C19H29FN4O2S.HI/c1-14-12-24(13-17(26-14)15-5-7-16(20)8-6-15)19(21-9-10-27-4)22-11-18(25)23(2)3;/h5-8,14,17H,9-13H2,1-4H3,(H,21,22);1H. The van der Waals surface area contributed by atoms with Gasteiger partial charge in [-0.15, -0.1) is 24.0 Å². The molecule has 1 fully saturated rings. The molecular formula is C19H30FIN4O2S. The molecule has 1 aliphatic heterocycles. The van der Waals surface area contributed by atoms with Gasteiger partial charge in [0, 0.05) is 32.9 Å². The van der Waals surface area contributed by atoms with Crippen molar-refractivity contribution in [3.63, 3.8) is 0 Å². The van der Waals surface area contributed by atoms with Crippen molar-refractivity contribution in [3.05, 3.63) is 35.6 Å². The summed E-state index contributed by atoms with van der Waals surface area (Å²) in [5.74, 6) is 1.35. The summed E-state index contributed by atoms with van der Waals surface area (Å²) in [5.41, 5.74) is 0.931. The fraction of sp³-hybridized carbons (Fsp3) is 0.579. The second-order valence-electron chi connectivity index (χ2n) is 6.74. The normalized spacial score (nSPS) is 19.8. The Balaban J connectivity index is 0.00000392. The highest BCUT2D eigenvalue weighted by molar-refractivity contribution is 14.0. The van der Waals surface area contributed by atoms with Crippen LogP contribution in [-0.4, -0.2) is 80.1 Å². The van der Waals surface area contributed by atoms with E-state index in [9.17, 15) is 9.18 Å². The number of thioether (sulfide) groups is 1. The van der Waals surface area contributed by atoms with Gasteiger partial charge in [0.2, 0.25) is 5.91 Å². The van der Waals surface area contributed by atoms with Crippen LogP contribution in [0.3, 0.4) is 0 Å². The van der Waals surface area contributed by atoms with Gasteiger partial charge in [-0.3, -0.25) is 4.79 Å². The third-order valence-electron chi connectivity index (χ3n) is 4.25. The smallest absolute Gasteiger partial charge is 0.243 e. The molecule has 1 saturated heterocycles. The highest BCUT2D eigenvalue weighted by Crippen LogP contribution is 2.25. The molecule has 0 bridgehead atoms. The SMILES string of the molecule is CSCCNC(=NCC(=O)N(C)C)N1CC(C)OC(c2ccc(F)cc2)C1.I. The van der Waals surface area contributed by atoms with Crippen molar-refractivity contribution in [2.75, 3.05) is 52.3 Å². The summed E-state index contributed by atoms with van der Waals surface area (Å²) >= 11 is 1.75. The first-order chi connectivity index (χ1) is 12.9. The maximum absolute atomic E-state index is 13.2. The largest absolute Gasteiger partial charge is 0.367 e. The number of hydrogen-bond donors (Lipinski definition) is 1. The summed E-state index contributed by atoms with van der Waals surface area (Å²) in [6.45, 7) is 4.15. The highest BCUT2D eigenvalue weighted by atomic mass is 127. The summed E-state index contributed by atoms with van der Waals surface area (Å²) < 4.78 is 19.3. The molecule has 1 amide bonds. The van der Waals surface area contributed by atoms with Crippen LogP contribution >= 0.6 is 35.7 Å². The Labute approximate surface area is 188 Å². The van der Waals surface area contributed by atoms with E-state index in [2.05, 4.69) is 21.5 Å². The fourth-order valence-electron chi connectivity index (χ4n) is 2.80. The number of carbonyl (C=O) groups excluding carboxylic acids is 1. The lowest BCUT2D eigenvalue weighted by Gasteiger charge is -2.38. The molecule has 0 aliphatic carbocycles. The predicted molar refractivity (Wildman–Crippen MR) is 124 cm³/mol. The Morgan fingerprint density at radius 1 is 1.36 bits per heavy atom. The summed E-state index contributed by atoms with van der Waals surface area (Å²) in [6, 6.07) is 6.40. The van der Waals surface area contributed by atoms with Gasteiger partial charge in [-0.2, -0.15) is 11.8 Å². The van der Waals surface area contributed by atoms with Crippen LogP contribution < -0.4 is 5.32 Å². The van der Waals surface area contributed by atoms with E-state index in [4.69, 9.17) is 4.74 Å². The van der Waals surface area contributed by atoms with Crippen molar-refractivity contribution < 1.29 is 13.9 Å². The lowest BCUT2D eigenvalue weighted by atomic mass is 10.1. The van der Waals surface area contributed by atoms with Crippen LogP contribution in [0.5, 0.6) is 0 Å². The van der Waals surface area contributed by atoms with E-state index in [1.807, 2.05) is 6.92 Å². The van der Waals surface area contributed by atoms with Gasteiger partial charge in [0.1, 0.15) is 18.5 Å². The van der Waals surface area contributed by atoms with Crippen LogP contribution in [0.1, 0.15) is 18.6 Å². The maximum Gasteiger partial charge on any atom is 0.243 e. The molecule has 1 N–H and O–H groups in total. The van der Waals surface area contributed by atoms with E-state index < -0.39 is 0 Å². The number of amides is 1. The molecule has 1 aromatic carbocycles. The molecule has 28 heavy (non-hydrogen) atoms. The van der Waals surface area contributed by atoms with Crippen LogP contribution in [0.2, 0.25) is 0 Å². The third-order valence-corrected chi connectivity index (χ3v) is 4.87. The third kappa shape index (κ3) is 7.75. The first-order valence-corrected chi connectivity index (χ1v) is 10.4. The van der Waals surface area contributed by atoms with Crippen molar-refractivity contribution in [2.24, 2.45) is 4.99 Å². The Kier molecular flexibility index (Phi) is 11.1. The van der Waals surface area contributed by atoms with Crippen LogP contribution in [0, 0.1) is 5.82 Å². The van der Waals surface area contributed by atoms with Crippen LogP contribution in [0.25, 0.3) is 0 Å².